The van der Waals surface area contributed by atoms with E-state index in [-0.39, 0.29) is 0 Å². The van der Waals surface area contributed by atoms with E-state index in [1.807, 2.05) is 0 Å². The lowest BCUT2D eigenvalue weighted by Crippen LogP contribution is -2.38. The van der Waals surface area contributed by atoms with Gasteiger partial charge in [-0.3, -0.25) is 0 Å². The molecule has 3 aliphatic heterocycles. The second kappa shape index (κ2) is 11.4. The van der Waals surface area contributed by atoms with Crippen molar-refractivity contribution in [1.29, 1.82) is 0 Å². The van der Waals surface area contributed by atoms with Crippen LogP contribution in [0.2, 0.25) is 0 Å². The minimum absolute atomic E-state index is 0.533. The number of benzene rings is 1. The Balaban J connectivity index is 1.24. The van der Waals surface area contributed by atoms with E-state index < -0.39 is 0 Å². The van der Waals surface area contributed by atoms with Crippen LogP contribution in [0.1, 0.15) is 38.2 Å². The summed E-state index contributed by atoms with van der Waals surface area (Å²) in [5.41, 5.74) is 2.50. The van der Waals surface area contributed by atoms with Crippen LogP contribution in [0.3, 0.4) is 0 Å². The molecule has 35 heavy (non-hydrogen) atoms. The molecule has 5 rings (SSSR count). The lowest BCUT2D eigenvalue weighted by Gasteiger charge is -2.33. The van der Waals surface area contributed by atoms with Crippen molar-refractivity contribution in [1.82, 2.24) is 15.3 Å². The molecule has 9 heteroatoms. The summed E-state index contributed by atoms with van der Waals surface area (Å²) >= 11 is 5.61. The molecule has 1 aromatic carbocycles. The highest BCUT2D eigenvalue weighted by Crippen LogP contribution is 2.26. The van der Waals surface area contributed by atoms with Crippen molar-refractivity contribution >= 4 is 40.6 Å². The first kappa shape index (κ1) is 24.1. The normalized spacial score (nSPS) is 20.7. The van der Waals surface area contributed by atoms with E-state index in [0.29, 0.717) is 23.5 Å². The van der Waals surface area contributed by atoms with Crippen molar-refractivity contribution in [3.63, 3.8) is 0 Å². The van der Waals surface area contributed by atoms with E-state index >= 15 is 0 Å². The number of morpholine rings is 1. The lowest BCUT2D eigenvalue weighted by molar-refractivity contribution is 0.122. The molecule has 4 heterocycles. The number of anilines is 4. The Bertz CT molecular complexity index is 990. The number of piperidine rings is 1. The minimum atomic E-state index is 0.533. The van der Waals surface area contributed by atoms with Gasteiger partial charge in [-0.1, -0.05) is 19.1 Å². The first-order valence-corrected chi connectivity index (χ1v) is 13.4. The smallest absolute Gasteiger partial charge is 0.232 e. The van der Waals surface area contributed by atoms with Crippen LogP contribution in [0, 0.1) is 5.92 Å². The topological polar surface area (TPSA) is 68.8 Å². The zero-order chi connectivity index (χ0) is 24.0. The Kier molecular flexibility index (Phi) is 7.83. The fraction of sp³-hybridized carbons (Fsp3) is 0.577. The zero-order valence-corrected chi connectivity index (χ0v) is 21.5. The van der Waals surface area contributed by atoms with Crippen molar-refractivity contribution in [3.05, 3.63) is 35.9 Å². The lowest BCUT2D eigenvalue weighted by atomic mass is 10.0. The summed E-state index contributed by atoms with van der Waals surface area (Å²) in [5.74, 6) is 3.11. The van der Waals surface area contributed by atoms with Gasteiger partial charge < -0.3 is 30.1 Å². The summed E-state index contributed by atoms with van der Waals surface area (Å²) in [6.07, 6.45) is 5.04. The molecule has 8 nitrogen and oxygen atoms in total. The highest BCUT2D eigenvalue weighted by Gasteiger charge is 2.21. The van der Waals surface area contributed by atoms with E-state index in [4.69, 9.17) is 26.9 Å². The van der Waals surface area contributed by atoms with Crippen LogP contribution in [0.5, 0.6) is 0 Å². The van der Waals surface area contributed by atoms with Crippen LogP contribution < -0.4 is 25.3 Å². The Morgan fingerprint density at radius 3 is 2.34 bits per heavy atom. The van der Waals surface area contributed by atoms with Crippen molar-refractivity contribution in [3.8, 4) is 0 Å². The highest BCUT2D eigenvalue weighted by molar-refractivity contribution is 7.80. The molecule has 0 amide bonds. The third-order valence-electron chi connectivity index (χ3n) is 7.10. The van der Waals surface area contributed by atoms with Crippen molar-refractivity contribution in [2.75, 3.05) is 72.5 Å². The van der Waals surface area contributed by atoms with Crippen LogP contribution >= 0.6 is 12.2 Å². The van der Waals surface area contributed by atoms with Gasteiger partial charge in [0.1, 0.15) is 11.6 Å². The summed E-state index contributed by atoms with van der Waals surface area (Å²) in [6.45, 7) is 10.5. The SMILES string of the molecule is C[C@H]1CCCN(c2cc(N3CCOCC3)nc(NC(=S)NCc3ccc(N4CCCC4)cc3)n2)C1. The van der Waals surface area contributed by atoms with Gasteiger partial charge >= 0.3 is 0 Å². The molecule has 0 aliphatic carbocycles. The molecular weight excluding hydrogens is 458 g/mol. The zero-order valence-electron chi connectivity index (χ0n) is 20.7. The molecule has 3 aliphatic rings. The van der Waals surface area contributed by atoms with E-state index in [1.54, 1.807) is 0 Å². The molecule has 1 atom stereocenters. The third-order valence-corrected chi connectivity index (χ3v) is 7.35. The van der Waals surface area contributed by atoms with Gasteiger partial charge in [0.15, 0.2) is 5.11 Å². The van der Waals surface area contributed by atoms with Crippen molar-refractivity contribution < 1.29 is 4.74 Å². The van der Waals surface area contributed by atoms with Crippen LogP contribution in [-0.4, -0.2) is 67.6 Å². The number of thiocarbonyl (C=S) groups is 1. The largest absolute Gasteiger partial charge is 0.378 e. The first-order chi connectivity index (χ1) is 17.1. The van der Waals surface area contributed by atoms with Gasteiger partial charge in [0, 0.05) is 57.6 Å². The van der Waals surface area contributed by atoms with Gasteiger partial charge in [0.25, 0.3) is 0 Å². The standard InChI is InChI=1S/C26H37N7OS/c1-20-5-4-12-33(19-20)24-17-23(32-13-15-34-16-14-32)28-25(29-24)30-26(35)27-18-21-6-8-22(9-7-21)31-10-2-3-11-31/h6-9,17,20H,2-5,10-16,18-19H2,1H3,(H2,27,28,29,30,35)/t20-/m0/s1. The molecule has 188 valence electrons. The number of aromatic nitrogens is 2. The van der Waals surface area contributed by atoms with Gasteiger partial charge in [-0.25, -0.2) is 0 Å². The molecule has 0 bridgehead atoms. The molecule has 2 N–H and O–H groups in total. The fourth-order valence-electron chi connectivity index (χ4n) is 5.12. The number of nitrogens with zero attached hydrogens (tertiary/aromatic N) is 5. The number of nitrogens with one attached hydrogen (secondary N) is 2. The van der Waals surface area contributed by atoms with E-state index in [9.17, 15) is 0 Å². The number of ether oxygens (including phenoxy) is 1. The molecule has 0 radical (unpaired) electrons. The molecular formula is C26H37N7OS. The van der Waals surface area contributed by atoms with Gasteiger partial charge in [-0.2, -0.15) is 9.97 Å². The van der Waals surface area contributed by atoms with Crippen molar-refractivity contribution in [2.24, 2.45) is 5.92 Å². The summed E-state index contributed by atoms with van der Waals surface area (Å²) in [6, 6.07) is 10.9. The highest BCUT2D eigenvalue weighted by atomic mass is 32.1. The Labute approximate surface area is 214 Å². The van der Waals surface area contributed by atoms with E-state index in [1.165, 1.54) is 36.9 Å². The third kappa shape index (κ3) is 6.32. The second-order valence-corrected chi connectivity index (χ2v) is 10.3. The van der Waals surface area contributed by atoms with E-state index in [0.717, 1.165) is 64.1 Å². The number of rotatable bonds is 6. The molecule has 2 aromatic rings. The molecule has 3 fully saturated rings. The maximum Gasteiger partial charge on any atom is 0.232 e. The quantitative estimate of drug-likeness (QED) is 0.585. The first-order valence-electron chi connectivity index (χ1n) is 13.0. The number of hydrogen-bond donors (Lipinski definition) is 2. The molecule has 0 saturated carbocycles. The van der Waals surface area contributed by atoms with Gasteiger partial charge in [0.05, 0.1) is 13.2 Å². The summed E-state index contributed by atoms with van der Waals surface area (Å²) in [4.78, 5) is 16.8. The van der Waals surface area contributed by atoms with Crippen LogP contribution in [0.25, 0.3) is 0 Å². The monoisotopic (exact) mass is 495 g/mol. The van der Waals surface area contributed by atoms with Crippen molar-refractivity contribution in [2.45, 2.75) is 39.2 Å². The maximum absolute atomic E-state index is 5.61. The summed E-state index contributed by atoms with van der Waals surface area (Å²) < 4.78 is 5.54. The molecule has 3 saturated heterocycles. The molecule has 1 aromatic heterocycles. The van der Waals surface area contributed by atoms with Gasteiger partial charge in [-0.15, -0.1) is 0 Å². The average molecular weight is 496 g/mol. The summed E-state index contributed by atoms with van der Waals surface area (Å²) in [5, 5.41) is 7.10. The number of hydrogen-bond acceptors (Lipinski definition) is 7. The Morgan fingerprint density at radius 2 is 1.63 bits per heavy atom. The Hall–Kier alpha value is -2.65. The Morgan fingerprint density at radius 1 is 0.943 bits per heavy atom. The molecule has 0 spiro atoms. The van der Waals surface area contributed by atoms with Crippen LogP contribution in [0.15, 0.2) is 30.3 Å². The maximum atomic E-state index is 5.61. The average Bonchev–Trinajstić information content (AvgIpc) is 3.43. The second-order valence-electron chi connectivity index (χ2n) is 9.87. The predicted molar refractivity (Wildman–Crippen MR) is 147 cm³/mol. The van der Waals surface area contributed by atoms with Crippen LogP contribution in [-0.2, 0) is 11.3 Å². The predicted octanol–water partition coefficient (Wildman–Crippen LogP) is 3.64. The van der Waals surface area contributed by atoms with Gasteiger partial charge in [0.2, 0.25) is 5.95 Å². The minimum Gasteiger partial charge on any atom is -0.378 e. The fourth-order valence-corrected chi connectivity index (χ4v) is 5.28. The molecule has 0 unspecified atom stereocenters. The summed E-state index contributed by atoms with van der Waals surface area (Å²) in [7, 11) is 0. The van der Waals surface area contributed by atoms with Crippen LogP contribution in [0.4, 0.5) is 23.3 Å². The van der Waals surface area contributed by atoms with Gasteiger partial charge in [-0.05, 0) is 61.5 Å². The van der Waals surface area contributed by atoms with E-state index in [2.05, 4.69) is 62.6 Å².